The van der Waals surface area contributed by atoms with Crippen LogP contribution in [0.3, 0.4) is 0 Å². The number of rotatable bonds is 3. The molecule has 0 amide bonds. The molecule has 0 radical (unpaired) electrons. The zero-order chi connectivity index (χ0) is 6.62. The molecule has 6 heteroatoms. The molecule has 0 fully saturated rings. The van der Waals surface area contributed by atoms with E-state index >= 15 is 0 Å². The zero-order valence-electron chi connectivity index (χ0n) is 4.75. The molecule has 0 aliphatic rings. The van der Waals surface area contributed by atoms with Crippen molar-refractivity contribution in [3.63, 3.8) is 0 Å². The third kappa shape index (κ3) is 6.09. The van der Waals surface area contributed by atoms with Gasteiger partial charge in [0.25, 0.3) is 10.1 Å². The highest BCUT2D eigenvalue weighted by molar-refractivity contribution is 7.85. The van der Waals surface area contributed by atoms with E-state index in [1.165, 1.54) is 0 Å². The molecule has 0 saturated carbocycles. The summed E-state index contributed by atoms with van der Waals surface area (Å²) in [5, 5.41) is 0. The van der Waals surface area contributed by atoms with Gasteiger partial charge in [-0.1, -0.05) is 0 Å². The molecule has 0 aromatic rings. The fourth-order valence-electron chi connectivity index (χ4n) is 0.136. The van der Waals surface area contributed by atoms with Crippen molar-refractivity contribution in [1.82, 2.24) is 0 Å². The van der Waals surface area contributed by atoms with Crippen molar-refractivity contribution >= 4 is 20.6 Å². The van der Waals surface area contributed by atoms with E-state index in [2.05, 4.69) is 8.61 Å². The molecule has 0 unspecified atom stereocenters. The molecule has 0 aliphatic heterocycles. The van der Waals surface area contributed by atoms with Crippen molar-refractivity contribution in [2.24, 2.45) is 0 Å². The molecule has 0 saturated heterocycles. The van der Waals surface area contributed by atoms with Crippen LogP contribution in [0.1, 0.15) is 0 Å². The van der Waals surface area contributed by atoms with Crippen molar-refractivity contribution in [2.75, 3.05) is 13.0 Å². The molecule has 0 rings (SSSR count). The van der Waals surface area contributed by atoms with E-state index in [0.29, 0.717) is 10.5 Å². The Morgan fingerprint density at radius 3 is 2.25 bits per heavy atom. The monoisotopic (exact) mass is 156 g/mol. The van der Waals surface area contributed by atoms with Gasteiger partial charge in [0.2, 0.25) is 0 Å². The first kappa shape index (κ1) is 8.09. The third-order valence-electron chi connectivity index (χ3n) is 0.380. The lowest BCUT2D eigenvalue weighted by Gasteiger charge is -1.95. The minimum atomic E-state index is -3.29. The van der Waals surface area contributed by atoms with E-state index in [4.69, 9.17) is 0 Å². The van der Waals surface area contributed by atoms with Crippen LogP contribution >= 0.6 is 0 Å². The lowest BCUT2D eigenvalue weighted by atomic mass is 11.6. The van der Waals surface area contributed by atoms with E-state index in [-0.39, 0.29) is 6.79 Å². The van der Waals surface area contributed by atoms with Crippen molar-refractivity contribution in [1.29, 1.82) is 0 Å². The van der Waals surface area contributed by atoms with Crippen molar-refractivity contribution < 1.29 is 17.0 Å². The molecule has 0 aromatic carbocycles. The van der Waals surface area contributed by atoms with Crippen LogP contribution in [0.15, 0.2) is 0 Å². The highest BCUT2D eigenvalue weighted by atomic mass is 32.2. The lowest BCUT2D eigenvalue weighted by molar-refractivity contribution is 0.138. The van der Waals surface area contributed by atoms with E-state index < -0.39 is 10.1 Å². The second-order valence-corrected chi connectivity index (χ2v) is 3.45. The number of hydrogen-bond donors (Lipinski definition) is 0. The Hall–Kier alpha value is 0.0869. The summed E-state index contributed by atoms with van der Waals surface area (Å²) in [5.41, 5.74) is 0. The van der Waals surface area contributed by atoms with Gasteiger partial charge in [0.1, 0.15) is 10.5 Å². The SMILES string of the molecule is CS(=O)(=O)OCO[SiH3]. The molecular weight excluding hydrogens is 148 g/mol. The van der Waals surface area contributed by atoms with Gasteiger partial charge in [-0.2, -0.15) is 8.42 Å². The normalized spacial score (nSPS) is 12.1. The van der Waals surface area contributed by atoms with Crippen molar-refractivity contribution in [2.45, 2.75) is 0 Å². The summed E-state index contributed by atoms with van der Waals surface area (Å²) < 4.78 is 28.8. The second kappa shape index (κ2) is 3.18. The van der Waals surface area contributed by atoms with Crippen LogP contribution in [0.2, 0.25) is 0 Å². The van der Waals surface area contributed by atoms with Gasteiger partial charge in [-0.15, -0.1) is 0 Å². The van der Waals surface area contributed by atoms with Crippen molar-refractivity contribution in [3.8, 4) is 0 Å². The predicted molar refractivity (Wildman–Crippen MR) is 31.8 cm³/mol. The summed E-state index contributed by atoms with van der Waals surface area (Å²) in [7, 11) is -2.80. The highest BCUT2D eigenvalue weighted by Crippen LogP contribution is 1.83. The lowest BCUT2D eigenvalue weighted by Crippen LogP contribution is -2.05. The van der Waals surface area contributed by atoms with Gasteiger partial charge in [-0.3, -0.25) is 0 Å². The molecule has 0 N–H and O–H groups in total. The Kier molecular flexibility index (Phi) is 3.21. The van der Waals surface area contributed by atoms with Crippen molar-refractivity contribution in [3.05, 3.63) is 0 Å². The summed E-state index contributed by atoms with van der Waals surface area (Å²) in [5.74, 6) is 0. The van der Waals surface area contributed by atoms with Crippen LogP contribution in [0.25, 0.3) is 0 Å². The molecule has 4 nitrogen and oxygen atoms in total. The molecule has 0 aliphatic carbocycles. The van der Waals surface area contributed by atoms with Gasteiger partial charge < -0.3 is 4.43 Å². The minimum Gasteiger partial charge on any atom is -0.405 e. The smallest absolute Gasteiger partial charge is 0.266 e. The van der Waals surface area contributed by atoms with Crippen LogP contribution in [-0.2, 0) is 18.7 Å². The molecule has 0 atom stereocenters. The fraction of sp³-hybridized carbons (Fsp3) is 1.00. The molecule has 0 spiro atoms. The Balaban J connectivity index is 3.42. The van der Waals surface area contributed by atoms with E-state index in [0.717, 1.165) is 6.26 Å². The zero-order valence-corrected chi connectivity index (χ0v) is 7.56. The average Bonchev–Trinajstić information content (AvgIpc) is 1.59. The summed E-state index contributed by atoms with van der Waals surface area (Å²) in [6.45, 7) is -0.148. The third-order valence-corrected chi connectivity index (χ3v) is 1.14. The van der Waals surface area contributed by atoms with Crippen LogP contribution in [0, 0.1) is 0 Å². The van der Waals surface area contributed by atoms with Crippen LogP contribution in [-0.4, -0.2) is 32.0 Å². The maximum Gasteiger partial charge on any atom is 0.266 e. The van der Waals surface area contributed by atoms with Crippen LogP contribution < -0.4 is 0 Å². The predicted octanol–water partition coefficient (Wildman–Crippen LogP) is -1.78. The van der Waals surface area contributed by atoms with E-state index in [9.17, 15) is 8.42 Å². The average molecular weight is 156 g/mol. The topological polar surface area (TPSA) is 52.6 Å². The van der Waals surface area contributed by atoms with Gasteiger partial charge in [0.05, 0.1) is 6.26 Å². The molecule has 0 aromatic heterocycles. The van der Waals surface area contributed by atoms with Gasteiger partial charge in [0.15, 0.2) is 6.79 Å². The Labute approximate surface area is 51.5 Å². The summed E-state index contributed by atoms with van der Waals surface area (Å²) in [4.78, 5) is 0. The van der Waals surface area contributed by atoms with E-state index in [1.807, 2.05) is 0 Å². The molecular formula is C2H8O4SSi. The van der Waals surface area contributed by atoms with Gasteiger partial charge in [-0.05, 0) is 0 Å². The first-order valence-electron chi connectivity index (χ1n) is 1.89. The standard InChI is InChI=1S/C2H8O4SSi/c1-7(3,4)5-2-6-8/h2H2,1,8H3. The summed E-state index contributed by atoms with van der Waals surface area (Å²) in [6, 6.07) is 0. The fourth-order valence-corrected chi connectivity index (χ4v) is 0.695. The van der Waals surface area contributed by atoms with Crippen LogP contribution in [0.5, 0.6) is 0 Å². The van der Waals surface area contributed by atoms with E-state index in [1.54, 1.807) is 0 Å². The number of hydrogen-bond acceptors (Lipinski definition) is 4. The quantitative estimate of drug-likeness (QED) is 0.275. The minimum absolute atomic E-state index is 0.148. The highest BCUT2D eigenvalue weighted by Gasteiger charge is 1.97. The summed E-state index contributed by atoms with van der Waals surface area (Å²) in [6.07, 6.45) is 0.980. The largest absolute Gasteiger partial charge is 0.405 e. The second-order valence-electron chi connectivity index (χ2n) is 1.23. The maximum atomic E-state index is 10.1. The maximum absolute atomic E-state index is 10.1. The Morgan fingerprint density at radius 2 is 2.12 bits per heavy atom. The molecule has 0 bridgehead atoms. The molecule has 0 heterocycles. The Bertz CT molecular complexity index is 138. The first-order valence-corrected chi connectivity index (χ1v) is 4.53. The molecule has 50 valence electrons. The Morgan fingerprint density at radius 1 is 1.62 bits per heavy atom. The van der Waals surface area contributed by atoms with Gasteiger partial charge >= 0.3 is 0 Å². The molecule has 8 heavy (non-hydrogen) atoms. The van der Waals surface area contributed by atoms with Crippen LogP contribution in [0.4, 0.5) is 0 Å². The summed E-state index contributed by atoms with van der Waals surface area (Å²) >= 11 is 0. The van der Waals surface area contributed by atoms with Gasteiger partial charge in [-0.25, -0.2) is 4.18 Å². The first-order chi connectivity index (χ1) is 3.56. The van der Waals surface area contributed by atoms with Gasteiger partial charge in [0, 0.05) is 0 Å².